The van der Waals surface area contributed by atoms with Crippen LogP contribution in [0.15, 0.2) is 72.8 Å². The number of rotatable bonds is 5. The van der Waals surface area contributed by atoms with E-state index in [4.69, 9.17) is 4.74 Å². The maximum atomic E-state index is 14.0. The van der Waals surface area contributed by atoms with Gasteiger partial charge >= 0.3 is 18.1 Å². The summed E-state index contributed by atoms with van der Waals surface area (Å²) in [7, 11) is 1.27. The molecule has 0 aliphatic heterocycles. The average molecular weight is 473 g/mol. The highest BCUT2D eigenvalue weighted by Gasteiger charge is 2.61. The lowest BCUT2D eigenvalue weighted by atomic mass is 9.99. The number of carbonyl (C=O) groups excluding carboxylic acids is 1. The largest absolute Gasteiger partial charge is 0.465 e. The molecule has 0 radical (unpaired) electrons. The number of benzene rings is 3. The van der Waals surface area contributed by atoms with E-state index in [0.717, 1.165) is 0 Å². The van der Waals surface area contributed by atoms with E-state index in [0.29, 0.717) is 22.4 Å². The standard InChI is InChI=1S/C24H16F5N3O2/c1-34-21(33)17-7-3-2-6-16(17)14-10-12-15(13-11-14)30-20-18-8-4-5-9-19(18)31-22(32-20)23(25,26)24(27,28)29/h2-13H,1H3,(H,30,31,32). The van der Waals surface area contributed by atoms with Crippen LogP contribution in [-0.2, 0) is 10.7 Å². The van der Waals surface area contributed by atoms with Gasteiger partial charge < -0.3 is 10.1 Å². The molecule has 174 valence electrons. The Balaban J connectivity index is 1.72. The van der Waals surface area contributed by atoms with Crippen molar-refractivity contribution in [1.29, 1.82) is 0 Å². The van der Waals surface area contributed by atoms with Crippen LogP contribution in [0.25, 0.3) is 22.0 Å². The van der Waals surface area contributed by atoms with Crippen molar-refractivity contribution < 1.29 is 31.5 Å². The molecule has 0 fully saturated rings. The Morgan fingerprint density at radius 1 is 0.853 bits per heavy atom. The molecule has 0 unspecified atom stereocenters. The SMILES string of the molecule is COC(=O)c1ccccc1-c1ccc(Nc2nc(C(F)(F)C(F)(F)F)nc3ccccc23)cc1. The van der Waals surface area contributed by atoms with Gasteiger partial charge in [0.05, 0.1) is 18.2 Å². The van der Waals surface area contributed by atoms with Crippen LogP contribution in [-0.4, -0.2) is 29.2 Å². The lowest BCUT2D eigenvalue weighted by Gasteiger charge is -2.19. The molecule has 10 heteroatoms. The van der Waals surface area contributed by atoms with Crippen LogP contribution in [0.2, 0.25) is 0 Å². The van der Waals surface area contributed by atoms with Gasteiger partial charge in [0, 0.05) is 11.1 Å². The maximum absolute atomic E-state index is 14.0. The van der Waals surface area contributed by atoms with Crippen LogP contribution < -0.4 is 5.32 Å². The van der Waals surface area contributed by atoms with Crippen LogP contribution in [0.3, 0.4) is 0 Å². The monoisotopic (exact) mass is 473 g/mol. The smallest absolute Gasteiger partial charge is 0.461 e. The van der Waals surface area contributed by atoms with E-state index >= 15 is 0 Å². The molecular formula is C24H16F5N3O2. The number of ether oxygens (including phenoxy) is 1. The van der Waals surface area contributed by atoms with Gasteiger partial charge in [0.1, 0.15) is 5.82 Å². The van der Waals surface area contributed by atoms with Gasteiger partial charge in [-0.05, 0) is 41.5 Å². The summed E-state index contributed by atoms with van der Waals surface area (Å²) in [5.74, 6) is -7.59. The normalized spacial score (nSPS) is 11.9. The number of hydrogen-bond acceptors (Lipinski definition) is 5. The Hall–Kier alpha value is -4.08. The molecule has 1 N–H and O–H groups in total. The predicted molar refractivity (Wildman–Crippen MR) is 116 cm³/mol. The van der Waals surface area contributed by atoms with Crippen molar-refractivity contribution in [1.82, 2.24) is 9.97 Å². The number of aromatic nitrogens is 2. The quantitative estimate of drug-likeness (QED) is 0.266. The van der Waals surface area contributed by atoms with Gasteiger partial charge in [0.2, 0.25) is 5.82 Å². The summed E-state index contributed by atoms with van der Waals surface area (Å²) in [6.45, 7) is 0. The number of para-hydroxylation sites is 1. The van der Waals surface area contributed by atoms with Crippen molar-refractivity contribution in [2.24, 2.45) is 0 Å². The van der Waals surface area contributed by atoms with E-state index in [2.05, 4.69) is 15.3 Å². The number of hydrogen-bond donors (Lipinski definition) is 1. The number of esters is 1. The summed E-state index contributed by atoms with van der Waals surface area (Å²) >= 11 is 0. The van der Waals surface area contributed by atoms with Gasteiger partial charge in [-0.2, -0.15) is 22.0 Å². The van der Waals surface area contributed by atoms with Crippen LogP contribution in [0, 0.1) is 0 Å². The molecule has 1 aromatic heterocycles. The number of nitrogens with one attached hydrogen (secondary N) is 1. The minimum Gasteiger partial charge on any atom is -0.465 e. The molecule has 1 heterocycles. The highest BCUT2D eigenvalue weighted by Crippen LogP contribution is 2.43. The van der Waals surface area contributed by atoms with E-state index in [-0.39, 0.29) is 16.7 Å². The van der Waals surface area contributed by atoms with Crippen LogP contribution in [0.5, 0.6) is 0 Å². The molecule has 4 rings (SSSR count). The van der Waals surface area contributed by atoms with E-state index < -0.39 is 23.9 Å². The molecule has 34 heavy (non-hydrogen) atoms. The second kappa shape index (κ2) is 8.69. The fraction of sp³-hybridized carbons (Fsp3) is 0.125. The second-order valence-corrected chi connectivity index (χ2v) is 7.22. The van der Waals surface area contributed by atoms with Crippen molar-refractivity contribution in [2.45, 2.75) is 12.1 Å². The Kier molecular flexibility index (Phi) is 5.90. The number of halogens is 5. The summed E-state index contributed by atoms with van der Waals surface area (Å²) in [5, 5.41) is 3.06. The fourth-order valence-electron chi connectivity index (χ4n) is 3.33. The highest BCUT2D eigenvalue weighted by molar-refractivity contribution is 5.97. The Morgan fingerprint density at radius 2 is 1.50 bits per heavy atom. The molecule has 0 aliphatic carbocycles. The Labute approximate surface area is 190 Å². The molecule has 0 atom stereocenters. The number of carbonyl (C=O) groups is 1. The molecule has 0 amide bonds. The molecule has 0 saturated heterocycles. The summed E-state index contributed by atoms with van der Waals surface area (Å²) in [4.78, 5) is 19.0. The summed E-state index contributed by atoms with van der Waals surface area (Å²) < 4.78 is 71.5. The van der Waals surface area contributed by atoms with Gasteiger partial charge in [0.25, 0.3) is 0 Å². The van der Waals surface area contributed by atoms with Crippen LogP contribution in [0.1, 0.15) is 16.2 Å². The third-order valence-electron chi connectivity index (χ3n) is 5.03. The molecule has 0 saturated carbocycles. The molecule has 4 aromatic rings. The molecular weight excluding hydrogens is 457 g/mol. The van der Waals surface area contributed by atoms with E-state index in [1.807, 2.05) is 0 Å². The molecule has 0 bridgehead atoms. The van der Waals surface area contributed by atoms with Gasteiger partial charge in [-0.15, -0.1) is 0 Å². The van der Waals surface area contributed by atoms with Crippen LogP contribution >= 0.6 is 0 Å². The van der Waals surface area contributed by atoms with Crippen molar-refractivity contribution in [3.05, 3.63) is 84.2 Å². The number of anilines is 2. The topological polar surface area (TPSA) is 64.1 Å². The van der Waals surface area contributed by atoms with Gasteiger partial charge in [0.15, 0.2) is 0 Å². The number of nitrogens with zero attached hydrogens (tertiary/aromatic N) is 2. The van der Waals surface area contributed by atoms with Crippen molar-refractivity contribution in [2.75, 3.05) is 12.4 Å². The van der Waals surface area contributed by atoms with Gasteiger partial charge in [-0.1, -0.05) is 42.5 Å². The summed E-state index contributed by atoms with van der Waals surface area (Å²) in [6, 6.07) is 19.2. The first-order chi connectivity index (χ1) is 16.1. The predicted octanol–water partition coefficient (Wildman–Crippen LogP) is 6.48. The lowest BCUT2D eigenvalue weighted by Crippen LogP contribution is -2.35. The minimum absolute atomic E-state index is 0.0671. The third-order valence-corrected chi connectivity index (χ3v) is 5.03. The first-order valence-corrected chi connectivity index (χ1v) is 9.88. The fourth-order valence-corrected chi connectivity index (χ4v) is 3.33. The molecule has 0 spiro atoms. The zero-order chi connectivity index (χ0) is 24.5. The Morgan fingerprint density at radius 3 is 2.18 bits per heavy atom. The van der Waals surface area contributed by atoms with E-state index in [9.17, 15) is 26.7 Å². The highest BCUT2D eigenvalue weighted by atomic mass is 19.4. The van der Waals surface area contributed by atoms with Crippen molar-refractivity contribution in [3.8, 4) is 11.1 Å². The third kappa shape index (κ3) is 4.26. The van der Waals surface area contributed by atoms with E-state index in [1.165, 1.54) is 25.3 Å². The molecule has 5 nitrogen and oxygen atoms in total. The summed E-state index contributed by atoms with van der Waals surface area (Å²) in [5.41, 5.74) is 1.95. The first-order valence-electron chi connectivity index (χ1n) is 9.88. The van der Waals surface area contributed by atoms with Gasteiger partial charge in [-0.3, -0.25) is 0 Å². The maximum Gasteiger partial charge on any atom is 0.461 e. The zero-order valence-electron chi connectivity index (χ0n) is 17.5. The van der Waals surface area contributed by atoms with Crippen molar-refractivity contribution in [3.63, 3.8) is 0 Å². The van der Waals surface area contributed by atoms with Crippen LogP contribution in [0.4, 0.5) is 33.5 Å². The minimum atomic E-state index is -5.85. The summed E-state index contributed by atoms with van der Waals surface area (Å²) in [6.07, 6.45) is -5.85. The lowest BCUT2D eigenvalue weighted by molar-refractivity contribution is -0.292. The first kappa shape index (κ1) is 23.1. The van der Waals surface area contributed by atoms with Gasteiger partial charge in [-0.25, -0.2) is 14.8 Å². The molecule has 0 aliphatic rings. The number of alkyl halides is 5. The van der Waals surface area contributed by atoms with E-state index in [1.54, 1.807) is 54.6 Å². The molecule has 3 aromatic carbocycles. The number of methoxy groups -OCH3 is 1. The zero-order valence-corrected chi connectivity index (χ0v) is 17.5. The number of fused-ring (bicyclic) bond motifs is 1. The second-order valence-electron chi connectivity index (χ2n) is 7.22. The average Bonchev–Trinajstić information content (AvgIpc) is 2.83. The van der Waals surface area contributed by atoms with Crippen molar-refractivity contribution >= 4 is 28.4 Å². The Bertz CT molecular complexity index is 1360.